The fourth-order valence-electron chi connectivity index (χ4n) is 2.77. The Morgan fingerprint density at radius 3 is 2.37 bits per heavy atom. The number of aromatic nitrogens is 2. The molecule has 144 valence electrons. The van der Waals surface area contributed by atoms with Gasteiger partial charge in [0.2, 0.25) is 5.91 Å². The average Bonchev–Trinajstić information content (AvgIpc) is 2.61. The third-order valence-corrected chi connectivity index (χ3v) is 4.80. The molecular formula is C19H22FN3O3S. The molecule has 0 radical (unpaired) electrons. The highest BCUT2D eigenvalue weighted by Gasteiger charge is 2.23. The summed E-state index contributed by atoms with van der Waals surface area (Å²) in [5.74, 6) is -2.03. The molecule has 6 nitrogen and oxygen atoms in total. The van der Waals surface area contributed by atoms with Crippen LogP contribution in [0.25, 0.3) is 0 Å². The molecule has 0 fully saturated rings. The van der Waals surface area contributed by atoms with Crippen LogP contribution in [0, 0.1) is 26.6 Å². The lowest BCUT2D eigenvalue weighted by Gasteiger charge is -2.16. The van der Waals surface area contributed by atoms with Gasteiger partial charge in [0.05, 0.1) is 0 Å². The van der Waals surface area contributed by atoms with Crippen molar-refractivity contribution >= 4 is 23.6 Å². The van der Waals surface area contributed by atoms with Gasteiger partial charge in [0.25, 0.3) is 0 Å². The van der Waals surface area contributed by atoms with E-state index in [4.69, 9.17) is 0 Å². The Kier molecular flexibility index (Phi) is 6.90. The molecule has 2 rings (SSSR count). The molecule has 0 spiro atoms. The van der Waals surface area contributed by atoms with Crippen molar-refractivity contribution in [2.24, 2.45) is 0 Å². The fraction of sp³-hybridized carbons (Fsp3) is 0.368. The van der Waals surface area contributed by atoms with Crippen molar-refractivity contribution in [3.63, 3.8) is 0 Å². The van der Waals surface area contributed by atoms with Crippen molar-refractivity contribution in [3.05, 3.63) is 52.1 Å². The number of nitrogens with one attached hydrogen (secondary N) is 1. The standard InChI is InChI=1S/C19H22FN3O3S/c1-10-9-13(5-7-15(10)20)17(18(25)26)23-16(24)8-6-14-11(2)21-19(27-4)22-12(14)3/h5,7,9,17H,6,8H2,1-4H3,(H,23,24)(H,25,26). The summed E-state index contributed by atoms with van der Waals surface area (Å²) in [4.78, 5) is 32.6. The van der Waals surface area contributed by atoms with Gasteiger partial charge in [-0.2, -0.15) is 0 Å². The molecule has 1 aromatic heterocycles. The minimum Gasteiger partial charge on any atom is -0.479 e. The smallest absolute Gasteiger partial charge is 0.330 e. The van der Waals surface area contributed by atoms with E-state index in [1.165, 1.54) is 30.0 Å². The molecule has 1 amide bonds. The zero-order valence-corrected chi connectivity index (χ0v) is 16.5. The molecule has 0 aliphatic heterocycles. The first kappa shape index (κ1) is 20.8. The number of halogens is 1. The second kappa shape index (κ2) is 8.94. The lowest BCUT2D eigenvalue weighted by molar-refractivity contribution is -0.142. The number of nitrogens with zero attached hydrogens (tertiary/aromatic N) is 2. The number of carbonyl (C=O) groups is 2. The minimum absolute atomic E-state index is 0.105. The maximum atomic E-state index is 13.4. The third-order valence-electron chi connectivity index (χ3n) is 4.25. The average molecular weight is 391 g/mol. The first-order valence-corrected chi connectivity index (χ1v) is 9.61. The van der Waals surface area contributed by atoms with Crippen LogP contribution in [0.3, 0.4) is 0 Å². The minimum atomic E-state index is -1.23. The second-order valence-electron chi connectivity index (χ2n) is 6.21. The number of hydrogen-bond acceptors (Lipinski definition) is 5. The Labute approximate surface area is 161 Å². The highest BCUT2D eigenvalue weighted by molar-refractivity contribution is 7.98. The van der Waals surface area contributed by atoms with E-state index in [1.807, 2.05) is 20.1 Å². The Morgan fingerprint density at radius 1 is 1.22 bits per heavy atom. The summed E-state index contributed by atoms with van der Waals surface area (Å²) in [5.41, 5.74) is 3.15. The number of hydrogen-bond donors (Lipinski definition) is 2. The number of thioether (sulfide) groups is 1. The lowest BCUT2D eigenvalue weighted by atomic mass is 10.0. The van der Waals surface area contributed by atoms with E-state index in [-0.39, 0.29) is 6.42 Å². The number of aliphatic carboxylic acids is 1. The Hall–Kier alpha value is -2.48. The van der Waals surface area contributed by atoms with Gasteiger partial charge in [-0.25, -0.2) is 19.2 Å². The van der Waals surface area contributed by atoms with E-state index in [0.29, 0.717) is 22.7 Å². The van der Waals surface area contributed by atoms with Crippen molar-refractivity contribution in [2.45, 2.75) is 44.8 Å². The highest BCUT2D eigenvalue weighted by atomic mass is 32.2. The predicted octanol–water partition coefficient (Wildman–Crippen LogP) is 3.14. The molecular weight excluding hydrogens is 369 g/mol. The molecule has 1 atom stereocenters. The van der Waals surface area contributed by atoms with Crippen molar-refractivity contribution in [3.8, 4) is 0 Å². The number of benzene rings is 1. The first-order chi connectivity index (χ1) is 12.7. The molecule has 0 saturated heterocycles. The molecule has 0 bridgehead atoms. The molecule has 27 heavy (non-hydrogen) atoms. The molecule has 8 heteroatoms. The van der Waals surface area contributed by atoms with Gasteiger partial charge in [0.1, 0.15) is 5.82 Å². The molecule has 2 aromatic rings. The number of amides is 1. The number of aryl methyl sites for hydroxylation is 3. The van der Waals surface area contributed by atoms with Gasteiger partial charge >= 0.3 is 5.97 Å². The third kappa shape index (κ3) is 5.26. The number of carboxylic acid groups (broad SMARTS) is 1. The van der Waals surface area contributed by atoms with Crippen LogP contribution in [0.15, 0.2) is 23.4 Å². The van der Waals surface area contributed by atoms with Gasteiger partial charge in [0, 0.05) is 17.8 Å². The summed E-state index contributed by atoms with van der Waals surface area (Å²) in [5, 5.41) is 12.6. The largest absolute Gasteiger partial charge is 0.479 e. The van der Waals surface area contributed by atoms with Crippen molar-refractivity contribution in [2.75, 3.05) is 6.26 Å². The van der Waals surface area contributed by atoms with Crippen LogP contribution in [-0.2, 0) is 16.0 Å². The molecule has 0 saturated carbocycles. The van der Waals surface area contributed by atoms with Gasteiger partial charge in [-0.15, -0.1) is 0 Å². The number of rotatable bonds is 7. The van der Waals surface area contributed by atoms with Crippen LogP contribution in [0.2, 0.25) is 0 Å². The monoisotopic (exact) mass is 391 g/mol. The summed E-state index contributed by atoms with van der Waals surface area (Å²) in [6, 6.07) is 2.76. The van der Waals surface area contributed by atoms with Gasteiger partial charge in [-0.3, -0.25) is 4.79 Å². The molecule has 1 heterocycles. The Morgan fingerprint density at radius 2 is 1.85 bits per heavy atom. The summed E-state index contributed by atoms with van der Waals surface area (Å²) < 4.78 is 13.4. The van der Waals surface area contributed by atoms with E-state index < -0.39 is 23.7 Å². The van der Waals surface area contributed by atoms with E-state index >= 15 is 0 Å². The predicted molar refractivity (Wildman–Crippen MR) is 101 cm³/mol. The summed E-state index contributed by atoms with van der Waals surface area (Å²) >= 11 is 1.45. The zero-order chi connectivity index (χ0) is 20.1. The number of carbonyl (C=O) groups excluding carboxylic acids is 1. The van der Waals surface area contributed by atoms with Crippen LogP contribution in [0.5, 0.6) is 0 Å². The van der Waals surface area contributed by atoms with E-state index in [2.05, 4.69) is 15.3 Å². The van der Waals surface area contributed by atoms with E-state index in [1.54, 1.807) is 6.92 Å². The normalized spacial score (nSPS) is 11.9. The summed E-state index contributed by atoms with van der Waals surface area (Å²) in [6.07, 6.45) is 2.41. The van der Waals surface area contributed by atoms with Crippen LogP contribution in [0.4, 0.5) is 4.39 Å². The number of carboxylic acids is 1. The van der Waals surface area contributed by atoms with Crippen LogP contribution >= 0.6 is 11.8 Å². The Bertz CT molecular complexity index is 850. The maximum Gasteiger partial charge on any atom is 0.330 e. The van der Waals surface area contributed by atoms with Gasteiger partial charge in [-0.1, -0.05) is 23.9 Å². The SMILES string of the molecule is CSc1nc(C)c(CCC(=O)NC(C(=O)O)c2ccc(F)c(C)c2)c(C)n1. The van der Waals surface area contributed by atoms with Gasteiger partial charge in [-0.05, 0) is 56.2 Å². The zero-order valence-electron chi connectivity index (χ0n) is 15.7. The molecule has 0 aliphatic carbocycles. The molecule has 2 N–H and O–H groups in total. The Balaban J connectivity index is 2.09. The highest BCUT2D eigenvalue weighted by Crippen LogP contribution is 2.19. The maximum absolute atomic E-state index is 13.4. The summed E-state index contributed by atoms with van der Waals surface area (Å²) in [7, 11) is 0. The van der Waals surface area contributed by atoms with E-state index in [0.717, 1.165) is 17.0 Å². The van der Waals surface area contributed by atoms with Crippen molar-refractivity contribution in [1.82, 2.24) is 15.3 Å². The molecule has 1 aromatic carbocycles. The molecule has 0 aliphatic rings. The van der Waals surface area contributed by atoms with Crippen LogP contribution in [-0.4, -0.2) is 33.2 Å². The van der Waals surface area contributed by atoms with E-state index in [9.17, 15) is 19.1 Å². The first-order valence-electron chi connectivity index (χ1n) is 8.39. The lowest BCUT2D eigenvalue weighted by Crippen LogP contribution is -2.34. The van der Waals surface area contributed by atoms with Gasteiger partial charge < -0.3 is 10.4 Å². The van der Waals surface area contributed by atoms with Gasteiger partial charge in [0.15, 0.2) is 11.2 Å². The topological polar surface area (TPSA) is 92.2 Å². The second-order valence-corrected chi connectivity index (χ2v) is 6.98. The van der Waals surface area contributed by atoms with Crippen LogP contribution < -0.4 is 5.32 Å². The van der Waals surface area contributed by atoms with Crippen molar-refractivity contribution in [1.29, 1.82) is 0 Å². The molecule has 1 unspecified atom stereocenters. The van der Waals surface area contributed by atoms with Crippen molar-refractivity contribution < 1.29 is 19.1 Å². The quantitative estimate of drug-likeness (QED) is 0.556. The fourth-order valence-corrected chi connectivity index (χ4v) is 3.23. The van der Waals surface area contributed by atoms with Crippen LogP contribution in [0.1, 0.15) is 40.5 Å². The summed E-state index contributed by atoms with van der Waals surface area (Å²) in [6.45, 7) is 5.27.